The van der Waals surface area contributed by atoms with E-state index >= 15 is 0 Å². The lowest BCUT2D eigenvalue weighted by molar-refractivity contribution is 0.0600. The average Bonchev–Trinajstić information content (AvgIpc) is 2.80. The number of aromatic nitrogens is 1. The van der Waals surface area contributed by atoms with E-state index in [9.17, 15) is 4.79 Å². The van der Waals surface area contributed by atoms with Gasteiger partial charge in [0, 0.05) is 12.2 Å². The van der Waals surface area contributed by atoms with E-state index in [-0.39, 0.29) is 12.0 Å². The fourth-order valence-electron chi connectivity index (χ4n) is 3.44. The molecule has 0 bridgehead atoms. The number of ether oxygens (including phenoxy) is 2. The molecule has 0 saturated carbocycles. The van der Waals surface area contributed by atoms with Crippen molar-refractivity contribution < 1.29 is 14.3 Å². The highest BCUT2D eigenvalue weighted by molar-refractivity contribution is 5.97. The van der Waals surface area contributed by atoms with Crippen LogP contribution < -0.4 is 10.1 Å². The molecule has 3 aromatic carbocycles. The largest absolute Gasteiger partial charge is 0.465 e. The second-order valence-electron chi connectivity index (χ2n) is 7.41. The molecule has 1 N–H and O–H groups in total. The SMILES string of the molecule is COC(=O)c1ccc([C@H](C)Nc2nccc3cccc(Oc4ccc(C)cc4)c23)cc1. The molecule has 31 heavy (non-hydrogen) atoms. The number of fused-ring (bicyclic) bond motifs is 1. The Bertz CT molecular complexity index is 1200. The third-order valence-corrected chi connectivity index (χ3v) is 5.19. The summed E-state index contributed by atoms with van der Waals surface area (Å²) < 4.78 is 11.0. The van der Waals surface area contributed by atoms with Crippen LogP contribution in [0.1, 0.15) is 34.5 Å². The van der Waals surface area contributed by atoms with Crippen LogP contribution in [0.5, 0.6) is 11.5 Å². The van der Waals surface area contributed by atoms with Gasteiger partial charge in [-0.1, -0.05) is 42.0 Å². The van der Waals surface area contributed by atoms with Crippen LogP contribution in [0.25, 0.3) is 10.8 Å². The maximum absolute atomic E-state index is 11.7. The predicted molar refractivity (Wildman–Crippen MR) is 123 cm³/mol. The molecule has 0 amide bonds. The van der Waals surface area contributed by atoms with E-state index in [1.165, 1.54) is 12.7 Å². The number of pyridine rings is 1. The molecule has 4 aromatic rings. The molecule has 1 aromatic heterocycles. The van der Waals surface area contributed by atoms with Crippen molar-refractivity contribution in [2.24, 2.45) is 0 Å². The second kappa shape index (κ2) is 8.88. The molecule has 5 heteroatoms. The Morgan fingerprint density at radius 1 is 0.968 bits per heavy atom. The van der Waals surface area contributed by atoms with Gasteiger partial charge in [0.25, 0.3) is 0 Å². The van der Waals surface area contributed by atoms with Gasteiger partial charge >= 0.3 is 5.97 Å². The van der Waals surface area contributed by atoms with Crippen LogP contribution in [0.3, 0.4) is 0 Å². The van der Waals surface area contributed by atoms with Gasteiger partial charge in [0.1, 0.15) is 17.3 Å². The maximum atomic E-state index is 11.7. The Morgan fingerprint density at radius 2 is 1.71 bits per heavy atom. The van der Waals surface area contributed by atoms with Crippen molar-refractivity contribution in [3.63, 3.8) is 0 Å². The zero-order valence-corrected chi connectivity index (χ0v) is 17.8. The number of carbonyl (C=O) groups is 1. The molecule has 1 atom stereocenters. The van der Waals surface area contributed by atoms with E-state index in [2.05, 4.69) is 17.2 Å². The summed E-state index contributed by atoms with van der Waals surface area (Å²) in [4.78, 5) is 16.3. The van der Waals surface area contributed by atoms with Crippen molar-refractivity contribution in [3.8, 4) is 11.5 Å². The minimum Gasteiger partial charge on any atom is -0.465 e. The number of anilines is 1. The molecule has 0 unspecified atom stereocenters. The van der Waals surface area contributed by atoms with Gasteiger partial charge in [-0.2, -0.15) is 0 Å². The maximum Gasteiger partial charge on any atom is 0.337 e. The molecular formula is C26H24N2O3. The number of carbonyl (C=O) groups excluding carboxylic acids is 1. The van der Waals surface area contributed by atoms with Crippen molar-refractivity contribution in [3.05, 3.63) is 95.7 Å². The van der Waals surface area contributed by atoms with Crippen molar-refractivity contribution in [2.75, 3.05) is 12.4 Å². The summed E-state index contributed by atoms with van der Waals surface area (Å²) >= 11 is 0. The van der Waals surface area contributed by atoms with E-state index in [0.717, 1.165) is 33.7 Å². The first kappa shape index (κ1) is 20.4. The van der Waals surface area contributed by atoms with Gasteiger partial charge in [-0.3, -0.25) is 0 Å². The van der Waals surface area contributed by atoms with E-state index in [0.29, 0.717) is 5.56 Å². The normalized spacial score (nSPS) is 11.7. The first-order valence-corrected chi connectivity index (χ1v) is 10.1. The predicted octanol–water partition coefficient (Wildman–Crippen LogP) is 6.30. The van der Waals surface area contributed by atoms with Gasteiger partial charge in [0.15, 0.2) is 0 Å². The smallest absolute Gasteiger partial charge is 0.337 e. The number of hydrogen-bond donors (Lipinski definition) is 1. The fraction of sp³-hybridized carbons (Fsp3) is 0.154. The quantitative estimate of drug-likeness (QED) is 0.377. The van der Waals surface area contributed by atoms with E-state index in [1.54, 1.807) is 18.3 Å². The fourth-order valence-corrected chi connectivity index (χ4v) is 3.44. The highest BCUT2D eigenvalue weighted by Crippen LogP contribution is 2.35. The molecule has 1 heterocycles. The number of hydrogen-bond acceptors (Lipinski definition) is 5. The van der Waals surface area contributed by atoms with Gasteiger partial charge < -0.3 is 14.8 Å². The summed E-state index contributed by atoms with van der Waals surface area (Å²) in [5, 5.41) is 5.45. The Labute approximate surface area is 181 Å². The number of rotatable bonds is 6. The summed E-state index contributed by atoms with van der Waals surface area (Å²) in [7, 11) is 1.38. The average molecular weight is 412 g/mol. The highest BCUT2D eigenvalue weighted by atomic mass is 16.5. The summed E-state index contributed by atoms with van der Waals surface area (Å²) in [6.45, 7) is 4.10. The molecule has 0 aliphatic carbocycles. The molecule has 156 valence electrons. The van der Waals surface area contributed by atoms with Crippen LogP contribution in [-0.2, 0) is 4.74 Å². The first-order valence-electron chi connectivity index (χ1n) is 10.1. The van der Waals surface area contributed by atoms with Crippen LogP contribution in [0, 0.1) is 6.92 Å². The lowest BCUT2D eigenvalue weighted by Crippen LogP contribution is -2.09. The van der Waals surface area contributed by atoms with E-state index in [1.807, 2.05) is 67.6 Å². The number of methoxy groups -OCH3 is 1. The van der Waals surface area contributed by atoms with E-state index in [4.69, 9.17) is 9.47 Å². The van der Waals surface area contributed by atoms with Crippen LogP contribution >= 0.6 is 0 Å². The van der Waals surface area contributed by atoms with Crippen LogP contribution in [0.4, 0.5) is 5.82 Å². The first-order chi connectivity index (χ1) is 15.0. The van der Waals surface area contributed by atoms with Crippen molar-refractivity contribution >= 4 is 22.6 Å². The van der Waals surface area contributed by atoms with Gasteiger partial charge in [-0.15, -0.1) is 0 Å². The third kappa shape index (κ3) is 4.51. The molecule has 4 rings (SSSR count). The Balaban J connectivity index is 1.64. The molecule has 0 saturated heterocycles. The zero-order chi connectivity index (χ0) is 21.8. The molecule has 0 aliphatic rings. The second-order valence-corrected chi connectivity index (χ2v) is 7.41. The van der Waals surface area contributed by atoms with Crippen molar-refractivity contribution in [1.29, 1.82) is 0 Å². The lowest BCUT2D eigenvalue weighted by atomic mass is 10.1. The third-order valence-electron chi connectivity index (χ3n) is 5.19. The number of benzene rings is 3. The van der Waals surface area contributed by atoms with Crippen LogP contribution in [0.15, 0.2) is 79.0 Å². The molecule has 0 aliphatic heterocycles. The summed E-state index contributed by atoms with van der Waals surface area (Å²) in [5.41, 5.74) is 2.74. The van der Waals surface area contributed by atoms with Crippen molar-refractivity contribution in [1.82, 2.24) is 4.98 Å². The van der Waals surface area contributed by atoms with Crippen molar-refractivity contribution in [2.45, 2.75) is 19.9 Å². The lowest BCUT2D eigenvalue weighted by Gasteiger charge is -2.18. The number of nitrogens with one attached hydrogen (secondary N) is 1. The minimum atomic E-state index is -0.347. The topological polar surface area (TPSA) is 60.5 Å². The Morgan fingerprint density at radius 3 is 2.42 bits per heavy atom. The summed E-state index contributed by atoms with van der Waals surface area (Å²) in [6, 6.07) is 23.2. The molecule has 0 spiro atoms. The molecule has 0 radical (unpaired) electrons. The molecule has 5 nitrogen and oxygen atoms in total. The molecule has 0 fully saturated rings. The highest BCUT2D eigenvalue weighted by Gasteiger charge is 2.14. The van der Waals surface area contributed by atoms with Gasteiger partial charge in [-0.25, -0.2) is 9.78 Å². The van der Waals surface area contributed by atoms with Crippen LogP contribution in [0.2, 0.25) is 0 Å². The van der Waals surface area contributed by atoms with Gasteiger partial charge in [0.05, 0.1) is 18.1 Å². The number of nitrogens with zero attached hydrogens (tertiary/aromatic N) is 1. The van der Waals surface area contributed by atoms with E-state index < -0.39 is 0 Å². The Kier molecular flexibility index (Phi) is 5.85. The standard InChI is InChI=1S/C26H24N2O3/c1-17-7-13-22(14-8-17)31-23-6-4-5-20-15-16-27-25(24(20)23)28-18(2)19-9-11-21(12-10-19)26(29)30-3/h4-16,18H,1-3H3,(H,27,28)/t18-/m0/s1. The number of aryl methyl sites for hydroxylation is 1. The summed E-state index contributed by atoms with van der Waals surface area (Å²) in [6.07, 6.45) is 1.79. The molecular weight excluding hydrogens is 388 g/mol. The zero-order valence-electron chi connectivity index (χ0n) is 17.8. The monoisotopic (exact) mass is 412 g/mol. The van der Waals surface area contributed by atoms with Gasteiger partial charge in [-0.05, 0) is 61.2 Å². The van der Waals surface area contributed by atoms with Gasteiger partial charge in [0.2, 0.25) is 0 Å². The number of esters is 1. The Hall–Kier alpha value is -3.86. The minimum absolute atomic E-state index is 0.0303. The summed E-state index contributed by atoms with van der Waals surface area (Å²) in [5.74, 6) is 1.91. The van der Waals surface area contributed by atoms with Crippen LogP contribution in [-0.4, -0.2) is 18.1 Å².